The van der Waals surface area contributed by atoms with Crippen molar-refractivity contribution in [1.29, 1.82) is 0 Å². The molecule has 0 amide bonds. The molecule has 0 radical (unpaired) electrons. The normalized spacial score (nSPS) is 13.9. The molecule has 0 aromatic heterocycles. The summed E-state index contributed by atoms with van der Waals surface area (Å²) < 4.78 is 153. The zero-order valence-corrected chi connectivity index (χ0v) is 46.1. The number of nitrogens with zero attached hydrogens (tertiary/aromatic N) is 3. The van der Waals surface area contributed by atoms with Crippen LogP contribution in [0, 0.1) is 0 Å². The van der Waals surface area contributed by atoms with Crippen LogP contribution in [0.15, 0.2) is 0 Å². The number of hydrogen-bond donors (Lipinski definition) is 4. The fourth-order valence-corrected chi connectivity index (χ4v) is 10.1. The number of rotatable bonds is 53. The highest BCUT2D eigenvalue weighted by atomic mass is 32.3. The van der Waals surface area contributed by atoms with E-state index < -0.39 is 67.0 Å². The van der Waals surface area contributed by atoms with Crippen LogP contribution in [-0.2, 0) is 58.3 Å². The van der Waals surface area contributed by atoms with E-state index >= 15 is 0 Å². The summed E-state index contributed by atoms with van der Waals surface area (Å²) >= 11 is 0. The summed E-state index contributed by atoms with van der Waals surface area (Å²) in [6.45, 7) is 5.97. The van der Waals surface area contributed by atoms with E-state index in [2.05, 4.69) is 29.1 Å². The Morgan fingerprint density at radius 2 is 0.522 bits per heavy atom. The molecule has 0 aliphatic heterocycles. The molecule has 0 aliphatic carbocycles. The van der Waals surface area contributed by atoms with Gasteiger partial charge in [0.15, 0.2) is 0 Å². The van der Waals surface area contributed by atoms with Crippen molar-refractivity contribution < 1.29 is 68.6 Å². The lowest BCUT2D eigenvalue weighted by molar-refractivity contribution is 0.0466. The predicted octanol–water partition coefficient (Wildman–Crippen LogP) is 9.67. The zero-order valence-electron chi connectivity index (χ0n) is 42.8. The first-order valence-corrected chi connectivity index (χ1v) is 31.8. The Balaban J connectivity index is 6.38. The molecule has 4 N–H and O–H groups in total. The Morgan fingerprint density at radius 3 is 0.754 bits per heavy atom. The third-order valence-electron chi connectivity index (χ3n) is 12.1. The molecule has 416 valence electrons. The van der Waals surface area contributed by atoms with Crippen LogP contribution in [0.25, 0.3) is 0 Å². The fraction of sp³-hybridized carbons (Fsp3) is 1.00. The van der Waals surface area contributed by atoms with Crippen molar-refractivity contribution in [3.05, 3.63) is 0 Å². The van der Waals surface area contributed by atoms with Crippen molar-refractivity contribution in [3.63, 3.8) is 0 Å². The van der Waals surface area contributed by atoms with E-state index in [1.165, 1.54) is 89.9 Å². The predicted molar refractivity (Wildman–Crippen MR) is 273 cm³/mol. The van der Waals surface area contributed by atoms with Gasteiger partial charge in [0, 0.05) is 39.3 Å². The smallest absolute Gasteiger partial charge is 0.298 e. The average Bonchev–Trinajstić information content (AvgIpc) is 3.23. The molecule has 2 atom stereocenters. The van der Waals surface area contributed by atoms with Crippen molar-refractivity contribution >= 4 is 41.6 Å². The van der Waals surface area contributed by atoms with Crippen LogP contribution in [0.2, 0.25) is 0 Å². The largest absolute Gasteiger partial charge is 0.397 e. The van der Waals surface area contributed by atoms with Crippen LogP contribution >= 0.6 is 0 Å². The van der Waals surface area contributed by atoms with Crippen LogP contribution in [0.5, 0.6) is 0 Å². The summed E-state index contributed by atoms with van der Waals surface area (Å²) in [6.07, 6.45) is 29.1. The molecule has 0 aliphatic rings. The molecule has 0 aromatic rings. The topological polar surface area (TPSA) is 264 Å². The monoisotopic (exact) mass is 1080 g/mol. The Kier molecular flexibility index (Phi) is 42.3. The van der Waals surface area contributed by atoms with Gasteiger partial charge in [-0.25, -0.2) is 16.7 Å². The van der Waals surface area contributed by atoms with Crippen LogP contribution in [0.3, 0.4) is 0 Å². The molecule has 0 spiro atoms. The molecule has 0 aromatic carbocycles. The lowest BCUT2D eigenvalue weighted by Gasteiger charge is -2.34. The lowest BCUT2D eigenvalue weighted by atomic mass is 10.1. The number of unbranched alkanes of at least 4 members (excludes halogenated alkanes) is 27. The molecule has 0 heterocycles. The third kappa shape index (κ3) is 50.7. The molecule has 0 saturated carbocycles. The van der Waals surface area contributed by atoms with Crippen molar-refractivity contribution in [2.24, 2.45) is 0 Å². The van der Waals surface area contributed by atoms with Gasteiger partial charge in [0.25, 0.3) is 0 Å². The molecular weight excluding hydrogens is 979 g/mol. The van der Waals surface area contributed by atoms with Crippen molar-refractivity contribution in [3.8, 4) is 0 Å². The van der Waals surface area contributed by atoms with Gasteiger partial charge < -0.3 is 0 Å². The highest BCUT2D eigenvalue weighted by molar-refractivity contribution is 7.81. The third-order valence-corrected chi connectivity index (χ3v) is 14.1. The Bertz CT molecular complexity index is 1540. The van der Waals surface area contributed by atoms with Gasteiger partial charge in [-0.15, -0.1) is 0 Å². The maximum absolute atomic E-state index is 12.3. The van der Waals surface area contributed by atoms with Gasteiger partial charge in [-0.1, -0.05) is 194 Å². The summed E-state index contributed by atoms with van der Waals surface area (Å²) in [5, 5.41) is 0. The minimum atomic E-state index is -5.05. The summed E-state index contributed by atoms with van der Waals surface area (Å²) in [5.41, 5.74) is 0. The minimum absolute atomic E-state index is 0.0466. The second-order valence-corrected chi connectivity index (χ2v) is 23.0. The van der Waals surface area contributed by atoms with E-state index in [0.717, 1.165) is 83.5 Å². The Hall–Kier alpha value is -0.640. The van der Waals surface area contributed by atoms with Gasteiger partial charge in [-0.05, 0) is 38.9 Å². The van der Waals surface area contributed by atoms with E-state index in [9.17, 15) is 51.9 Å². The van der Waals surface area contributed by atoms with Gasteiger partial charge in [0.05, 0.1) is 13.2 Å². The first kappa shape index (κ1) is 68.4. The minimum Gasteiger partial charge on any atom is -0.298 e. The van der Waals surface area contributed by atoms with Crippen molar-refractivity contribution in [2.75, 3.05) is 72.1 Å². The quantitative estimate of drug-likeness (QED) is 0.0326. The lowest BCUT2D eigenvalue weighted by Crippen LogP contribution is -2.48. The molecule has 2 unspecified atom stereocenters. The van der Waals surface area contributed by atoms with Gasteiger partial charge >= 0.3 is 41.6 Å². The standard InChI is InChI=1S/C46H97N3O16S4/c1-4-7-10-13-16-19-22-25-28-31-34-47(37-39-62-66(50,51)52)41-45(64-68(56,57)58)43-49(36-33-30-27-24-21-18-15-12-9-6-3)44-46(65-69(59,60)61)42-48(38-40-63-67(53,54)55)35-32-29-26-23-20-17-14-11-8-5-2/h45-46H,4-44H2,1-3H3,(H,50,51,52)(H,53,54,55)(H,56,57,58)(H,59,60,61). The molecule has 0 fully saturated rings. The van der Waals surface area contributed by atoms with E-state index in [1.807, 2.05) is 0 Å². The zero-order chi connectivity index (χ0) is 51.7. The van der Waals surface area contributed by atoms with Gasteiger partial charge in [-0.2, -0.15) is 33.7 Å². The summed E-state index contributed by atoms with van der Waals surface area (Å²) in [5.74, 6) is 0. The van der Waals surface area contributed by atoms with Crippen LogP contribution in [0.1, 0.15) is 213 Å². The molecule has 0 bridgehead atoms. The first-order chi connectivity index (χ1) is 32.7. The maximum atomic E-state index is 12.3. The summed E-state index contributed by atoms with van der Waals surface area (Å²) in [4.78, 5) is 5.18. The van der Waals surface area contributed by atoms with Crippen LogP contribution in [-0.4, -0.2) is 151 Å². The molecule has 19 nitrogen and oxygen atoms in total. The van der Waals surface area contributed by atoms with E-state index in [0.29, 0.717) is 38.9 Å². The highest BCUT2D eigenvalue weighted by Crippen LogP contribution is 2.17. The molecule has 69 heavy (non-hydrogen) atoms. The van der Waals surface area contributed by atoms with Gasteiger partial charge in [-0.3, -0.25) is 32.9 Å². The highest BCUT2D eigenvalue weighted by Gasteiger charge is 2.28. The first-order valence-electron chi connectivity index (χ1n) is 26.4. The van der Waals surface area contributed by atoms with Crippen LogP contribution < -0.4 is 0 Å². The molecule has 0 rings (SSSR count). The molecular formula is C46H97N3O16S4. The average molecular weight is 1080 g/mol. The van der Waals surface area contributed by atoms with Crippen LogP contribution in [0.4, 0.5) is 0 Å². The van der Waals surface area contributed by atoms with E-state index in [-0.39, 0.29) is 39.3 Å². The molecule has 23 heteroatoms. The van der Waals surface area contributed by atoms with Crippen molar-refractivity contribution in [2.45, 2.75) is 226 Å². The van der Waals surface area contributed by atoms with Gasteiger partial charge in [0.1, 0.15) is 12.2 Å². The fourth-order valence-electron chi connectivity index (χ4n) is 8.59. The summed E-state index contributed by atoms with van der Waals surface area (Å²) in [6, 6.07) is 0. The number of hydrogen-bond acceptors (Lipinski definition) is 15. The SMILES string of the molecule is CCCCCCCCCCCCN(CCOS(=O)(=O)O)CC(CN(CCCCCCCCCCCC)CC(CN(CCCCCCCCCCCC)CCOS(=O)(=O)O)OS(=O)(=O)O)OS(=O)(=O)O. The Morgan fingerprint density at radius 1 is 0.304 bits per heavy atom. The second kappa shape index (κ2) is 42.7. The van der Waals surface area contributed by atoms with Gasteiger partial charge in [0.2, 0.25) is 0 Å². The molecule has 0 saturated heterocycles. The Labute approximate surface area is 420 Å². The maximum Gasteiger partial charge on any atom is 0.397 e. The second-order valence-electron chi connectivity index (χ2n) is 18.7. The van der Waals surface area contributed by atoms with Crippen molar-refractivity contribution in [1.82, 2.24) is 14.7 Å². The summed E-state index contributed by atoms with van der Waals surface area (Å²) in [7, 11) is -19.6. The van der Waals surface area contributed by atoms with E-state index in [1.54, 1.807) is 14.7 Å². The van der Waals surface area contributed by atoms with E-state index in [4.69, 9.17) is 8.37 Å².